The lowest BCUT2D eigenvalue weighted by molar-refractivity contribution is -0.115. The normalized spacial score (nSPS) is 15.2. The monoisotopic (exact) mass is 341 g/mol. The van der Waals surface area contributed by atoms with Gasteiger partial charge in [-0.05, 0) is 31.9 Å². The van der Waals surface area contributed by atoms with Gasteiger partial charge in [0.25, 0.3) is 0 Å². The van der Waals surface area contributed by atoms with E-state index >= 15 is 0 Å². The molecule has 2 N–H and O–H groups in total. The van der Waals surface area contributed by atoms with Crippen molar-refractivity contribution in [2.45, 2.75) is 25.8 Å². The van der Waals surface area contributed by atoms with Crippen LogP contribution in [0.2, 0.25) is 0 Å². The number of hydrogen-bond acceptors (Lipinski definition) is 4. The van der Waals surface area contributed by atoms with Crippen LogP contribution >= 0.6 is 0 Å². The van der Waals surface area contributed by atoms with Crippen LogP contribution in [0.15, 0.2) is 18.2 Å². The lowest BCUT2D eigenvalue weighted by atomic mass is 10.1. The topological polar surface area (TPSA) is 70.7 Å². The summed E-state index contributed by atoms with van der Waals surface area (Å²) in [6, 6.07) is 3.07. The Hall–Kier alpha value is -2.22. The fourth-order valence-corrected chi connectivity index (χ4v) is 2.50. The molecule has 132 valence electrons. The molecule has 2 amide bonds. The van der Waals surface area contributed by atoms with Crippen LogP contribution in [-0.2, 0) is 9.53 Å². The molecule has 0 unspecified atom stereocenters. The summed E-state index contributed by atoms with van der Waals surface area (Å²) < 4.78 is 31.2. The maximum absolute atomic E-state index is 13.5. The first-order valence-corrected chi connectivity index (χ1v) is 7.89. The Kier molecular flexibility index (Phi) is 6.48. The summed E-state index contributed by atoms with van der Waals surface area (Å²) in [4.78, 5) is 25.1. The van der Waals surface area contributed by atoms with E-state index in [2.05, 4.69) is 10.6 Å². The van der Waals surface area contributed by atoms with Crippen molar-refractivity contribution in [3.05, 3.63) is 29.8 Å². The molecular formula is C16H21F2N3O3. The van der Waals surface area contributed by atoms with Crippen LogP contribution in [0.5, 0.6) is 0 Å². The van der Waals surface area contributed by atoms with Gasteiger partial charge in [0, 0.05) is 25.2 Å². The largest absolute Gasteiger partial charge is 0.450 e. The number of carbonyl (C=O) groups excluding carboxylic acids is 2. The van der Waals surface area contributed by atoms with E-state index in [0.29, 0.717) is 38.6 Å². The van der Waals surface area contributed by atoms with Crippen molar-refractivity contribution in [3.8, 4) is 0 Å². The maximum Gasteiger partial charge on any atom is 0.409 e. The third kappa shape index (κ3) is 5.16. The number of likely N-dealkylation sites (tertiary alicyclic amines) is 1. The second kappa shape index (κ2) is 8.58. The van der Waals surface area contributed by atoms with Crippen LogP contribution in [-0.4, -0.2) is 49.2 Å². The molecule has 1 aliphatic heterocycles. The quantitative estimate of drug-likeness (QED) is 0.861. The molecule has 1 fully saturated rings. The van der Waals surface area contributed by atoms with Crippen molar-refractivity contribution in [1.29, 1.82) is 0 Å². The van der Waals surface area contributed by atoms with Gasteiger partial charge >= 0.3 is 6.09 Å². The highest BCUT2D eigenvalue weighted by Crippen LogP contribution is 2.15. The number of anilines is 1. The number of amides is 2. The lowest BCUT2D eigenvalue weighted by Crippen LogP contribution is -2.46. The number of ether oxygens (including phenoxy) is 1. The van der Waals surface area contributed by atoms with Crippen molar-refractivity contribution in [2.75, 3.05) is 31.6 Å². The molecular weight excluding hydrogens is 320 g/mol. The van der Waals surface area contributed by atoms with Crippen LogP contribution in [0.1, 0.15) is 19.8 Å². The Morgan fingerprint density at radius 2 is 2.00 bits per heavy atom. The number of nitrogens with zero attached hydrogens (tertiary/aromatic N) is 1. The molecule has 0 atom stereocenters. The summed E-state index contributed by atoms with van der Waals surface area (Å²) >= 11 is 0. The zero-order valence-corrected chi connectivity index (χ0v) is 13.5. The lowest BCUT2D eigenvalue weighted by Gasteiger charge is -2.31. The predicted octanol–water partition coefficient (Wildman–Crippen LogP) is 2.11. The third-order valence-electron chi connectivity index (χ3n) is 3.78. The molecule has 8 heteroatoms. The van der Waals surface area contributed by atoms with Gasteiger partial charge in [0.2, 0.25) is 5.91 Å². The van der Waals surface area contributed by atoms with E-state index in [4.69, 9.17) is 4.74 Å². The molecule has 0 radical (unpaired) electrons. The summed E-state index contributed by atoms with van der Waals surface area (Å²) in [7, 11) is 0. The van der Waals surface area contributed by atoms with E-state index < -0.39 is 17.5 Å². The van der Waals surface area contributed by atoms with E-state index in [1.54, 1.807) is 11.8 Å². The molecule has 0 bridgehead atoms. The molecule has 1 aromatic rings. The van der Waals surface area contributed by atoms with Crippen molar-refractivity contribution < 1.29 is 23.1 Å². The van der Waals surface area contributed by atoms with Crippen LogP contribution in [0, 0.1) is 11.6 Å². The fourth-order valence-electron chi connectivity index (χ4n) is 2.50. The molecule has 24 heavy (non-hydrogen) atoms. The molecule has 0 saturated carbocycles. The molecule has 1 heterocycles. The number of benzene rings is 1. The number of nitrogens with one attached hydrogen (secondary N) is 2. The van der Waals surface area contributed by atoms with Crippen LogP contribution in [0.3, 0.4) is 0 Å². The molecule has 0 aromatic heterocycles. The van der Waals surface area contributed by atoms with Gasteiger partial charge < -0.3 is 20.3 Å². The van der Waals surface area contributed by atoms with Crippen molar-refractivity contribution in [2.24, 2.45) is 0 Å². The summed E-state index contributed by atoms with van der Waals surface area (Å²) in [5.41, 5.74) is -0.0552. The first-order chi connectivity index (χ1) is 11.5. The number of carbonyl (C=O) groups is 2. The number of hydrogen-bond donors (Lipinski definition) is 2. The minimum atomic E-state index is -0.814. The van der Waals surface area contributed by atoms with Gasteiger partial charge in [-0.15, -0.1) is 0 Å². The summed E-state index contributed by atoms with van der Waals surface area (Å²) in [5, 5.41) is 5.47. The molecule has 6 nitrogen and oxygen atoms in total. The highest BCUT2D eigenvalue weighted by Gasteiger charge is 2.23. The standard InChI is InChI=1S/C16H21F2N3O3/c1-2-24-16(23)21-7-5-12(6-8-21)19-10-15(22)20-14-4-3-11(17)9-13(14)18/h3-4,9,12,19H,2,5-8,10H2,1H3,(H,20,22). The van der Waals surface area contributed by atoms with E-state index in [1.807, 2.05) is 0 Å². The zero-order chi connectivity index (χ0) is 17.5. The number of rotatable bonds is 5. The first kappa shape index (κ1) is 18.1. The Morgan fingerprint density at radius 3 is 2.62 bits per heavy atom. The smallest absolute Gasteiger partial charge is 0.409 e. The highest BCUT2D eigenvalue weighted by atomic mass is 19.1. The van der Waals surface area contributed by atoms with Gasteiger partial charge in [-0.1, -0.05) is 0 Å². The van der Waals surface area contributed by atoms with Gasteiger partial charge in [-0.25, -0.2) is 13.6 Å². The summed E-state index contributed by atoms with van der Waals surface area (Å²) in [5.74, 6) is -1.92. The van der Waals surface area contributed by atoms with Gasteiger partial charge in [0.05, 0.1) is 18.8 Å². The van der Waals surface area contributed by atoms with Gasteiger partial charge in [0.1, 0.15) is 11.6 Å². The average molecular weight is 341 g/mol. The van der Waals surface area contributed by atoms with Crippen molar-refractivity contribution in [3.63, 3.8) is 0 Å². The second-order valence-corrected chi connectivity index (χ2v) is 5.51. The van der Waals surface area contributed by atoms with E-state index in [1.165, 1.54) is 6.07 Å². The Morgan fingerprint density at radius 1 is 1.29 bits per heavy atom. The van der Waals surface area contributed by atoms with Crippen LogP contribution in [0.25, 0.3) is 0 Å². The Labute approximate surface area is 139 Å². The van der Waals surface area contributed by atoms with Gasteiger partial charge in [-0.3, -0.25) is 4.79 Å². The summed E-state index contributed by atoms with van der Waals surface area (Å²) in [6.45, 7) is 3.24. The van der Waals surface area contributed by atoms with Gasteiger partial charge in [-0.2, -0.15) is 0 Å². The van der Waals surface area contributed by atoms with Crippen molar-refractivity contribution in [1.82, 2.24) is 10.2 Å². The minimum Gasteiger partial charge on any atom is -0.450 e. The number of piperidine rings is 1. The Balaban J connectivity index is 1.72. The fraction of sp³-hybridized carbons (Fsp3) is 0.500. The zero-order valence-electron chi connectivity index (χ0n) is 13.5. The number of halogens is 2. The SMILES string of the molecule is CCOC(=O)N1CCC(NCC(=O)Nc2ccc(F)cc2F)CC1. The minimum absolute atomic E-state index is 0.0148. The molecule has 0 spiro atoms. The van der Waals surface area contributed by atoms with Gasteiger partial charge in [0.15, 0.2) is 0 Å². The van der Waals surface area contributed by atoms with Crippen LogP contribution in [0.4, 0.5) is 19.3 Å². The van der Waals surface area contributed by atoms with E-state index in [-0.39, 0.29) is 24.4 Å². The first-order valence-electron chi connectivity index (χ1n) is 7.89. The third-order valence-corrected chi connectivity index (χ3v) is 3.78. The van der Waals surface area contributed by atoms with Crippen molar-refractivity contribution >= 4 is 17.7 Å². The molecule has 1 saturated heterocycles. The highest BCUT2D eigenvalue weighted by molar-refractivity contribution is 5.92. The predicted molar refractivity (Wildman–Crippen MR) is 84.6 cm³/mol. The molecule has 1 aliphatic rings. The maximum atomic E-state index is 13.5. The van der Waals surface area contributed by atoms with Crippen LogP contribution < -0.4 is 10.6 Å². The molecule has 1 aromatic carbocycles. The Bertz CT molecular complexity index is 590. The van der Waals surface area contributed by atoms with E-state index in [0.717, 1.165) is 6.07 Å². The molecule has 0 aliphatic carbocycles. The summed E-state index contributed by atoms with van der Waals surface area (Å²) in [6.07, 6.45) is 1.09. The molecule has 2 rings (SSSR count). The van der Waals surface area contributed by atoms with E-state index in [9.17, 15) is 18.4 Å². The average Bonchev–Trinajstić information content (AvgIpc) is 2.56. The second-order valence-electron chi connectivity index (χ2n) is 5.51.